The molecule has 250 valence electrons. The molecule has 47 heavy (non-hydrogen) atoms. The summed E-state index contributed by atoms with van der Waals surface area (Å²) in [7, 11) is -1.29. The summed E-state index contributed by atoms with van der Waals surface area (Å²) in [6, 6.07) is 38.8. The molecule has 9 nitrogen and oxygen atoms in total. The van der Waals surface area contributed by atoms with Crippen molar-refractivity contribution in [2.45, 2.75) is 56.6 Å². The highest BCUT2D eigenvalue weighted by atomic mass is 31.2. The van der Waals surface area contributed by atoms with Crippen LogP contribution in [0, 0.1) is 0 Å². The lowest BCUT2D eigenvalue weighted by atomic mass is 9.92. The van der Waals surface area contributed by atoms with E-state index in [1.807, 2.05) is 121 Å². The zero-order valence-corrected chi connectivity index (χ0v) is 27.7. The third-order valence-corrected chi connectivity index (χ3v) is 9.95. The number of rotatable bonds is 17. The molecule has 3 unspecified atom stereocenters. The van der Waals surface area contributed by atoms with Gasteiger partial charge in [0.15, 0.2) is 0 Å². The fraction of sp³-hybridized carbons (Fsp3) is 0.351. The Balaban J connectivity index is 1.51. The average Bonchev–Trinajstić information content (AvgIpc) is 3.11. The smallest absolute Gasteiger partial charge is 0.335 e. The second-order valence-electron chi connectivity index (χ2n) is 11.4. The second-order valence-corrected chi connectivity index (χ2v) is 13.6. The van der Waals surface area contributed by atoms with E-state index in [1.54, 1.807) is 0 Å². The third kappa shape index (κ3) is 9.90. The first-order chi connectivity index (χ1) is 22.9. The molecule has 4 aromatic carbocycles. The Labute approximate surface area is 276 Å². The predicted octanol–water partition coefficient (Wildman–Crippen LogP) is 6.53. The maximum atomic E-state index is 13.6. The highest BCUT2D eigenvalue weighted by Gasteiger charge is 2.59. The number of aliphatic hydroxyl groups is 1. The first-order valence-corrected chi connectivity index (χ1v) is 17.3. The maximum Gasteiger partial charge on any atom is 0.335 e. The summed E-state index contributed by atoms with van der Waals surface area (Å²) in [6.45, 7) is 0.906. The van der Waals surface area contributed by atoms with Gasteiger partial charge in [-0.05, 0) is 22.3 Å². The summed E-state index contributed by atoms with van der Waals surface area (Å²) in [5, 5.41) is 12.4. The lowest BCUT2D eigenvalue weighted by Gasteiger charge is -2.50. The van der Waals surface area contributed by atoms with Crippen molar-refractivity contribution in [2.75, 3.05) is 27.0 Å². The van der Waals surface area contributed by atoms with E-state index in [4.69, 9.17) is 32.7 Å². The van der Waals surface area contributed by atoms with Crippen molar-refractivity contribution in [1.82, 2.24) is 0 Å². The van der Waals surface area contributed by atoms with Gasteiger partial charge in [-0.25, -0.2) is 0 Å². The predicted molar refractivity (Wildman–Crippen MR) is 177 cm³/mol. The molecule has 4 aromatic rings. The van der Waals surface area contributed by atoms with Crippen LogP contribution in [-0.2, 0) is 63.7 Å². The lowest BCUT2D eigenvalue weighted by molar-refractivity contribution is -0.362. The molecule has 1 N–H and O–H groups in total. The summed E-state index contributed by atoms with van der Waals surface area (Å²) in [5.41, 5.74) is 3.71. The molecule has 1 saturated heterocycles. The Kier molecular flexibility index (Phi) is 12.9. The van der Waals surface area contributed by atoms with Gasteiger partial charge in [0.1, 0.15) is 30.6 Å². The van der Waals surface area contributed by atoms with Crippen molar-refractivity contribution >= 4 is 7.60 Å². The summed E-state index contributed by atoms with van der Waals surface area (Å²) < 4.78 is 56.4. The van der Waals surface area contributed by atoms with Gasteiger partial charge in [-0.2, -0.15) is 0 Å². The van der Waals surface area contributed by atoms with Crippen LogP contribution in [0.4, 0.5) is 0 Å². The van der Waals surface area contributed by atoms with Gasteiger partial charge >= 0.3 is 7.60 Å². The van der Waals surface area contributed by atoms with E-state index >= 15 is 0 Å². The first-order valence-electron chi connectivity index (χ1n) is 15.6. The van der Waals surface area contributed by atoms with Gasteiger partial charge in [-0.1, -0.05) is 121 Å². The molecule has 5 rings (SSSR count). The van der Waals surface area contributed by atoms with E-state index in [2.05, 4.69) is 0 Å². The van der Waals surface area contributed by atoms with Crippen LogP contribution in [0.3, 0.4) is 0 Å². The van der Waals surface area contributed by atoms with Crippen LogP contribution in [0.15, 0.2) is 121 Å². The molecule has 0 saturated carbocycles. The van der Waals surface area contributed by atoms with E-state index in [-0.39, 0.29) is 26.4 Å². The highest BCUT2D eigenvalue weighted by molar-refractivity contribution is 7.53. The SMILES string of the molecule is COP(=O)(C[C@]1(O)OC(COCc2ccccc2)[C@@H](OCc2ccccc2)C(OCc2ccccc2)C1OCc1ccccc1)OC. The van der Waals surface area contributed by atoms with E-state index in [0.717, 1.165) is 22.3 Å². The van der Waals surface area contributed by atoms with Gasteiger partial charge in [-0.15, -0.1) is 0 Å². The molecule has 0 aromatic heterocycles. The van der Waals surface area contributed by atoms with Crippen LogP contribution in [0.25, 0.3) is 0 Å². The molecule has 0 aliphatic carbocycles. The van der Waals surface area contributed by atoms with Gasteiger partial charge in [-0.3, -0.25) is 4.57 Å². The van der Waals surface area contributed by atoms with Crippen LogP contribution in [0.1, 0.15) is 22.3 Å². The number of ether oxygens (including phenoxy) is 5. The fourth-order valence-corrected chi connectivity index (χ4v) is 6.76. The topological polar surface area (TPSA) is 102 Å². The Morgan fingerprint density at radius 3 is 1.47 bits per heavy atom. The molecule has 0 bridgehead atoms. The second kappa shape index (κ2) is 17.3. The molecular weight excluding hydrogens is 619 g/mol. The maximum absolute atomic E-state index is 13.6. The first kappa shape index (κ1) is 35.1. The Morgan fingerprint density at radius 2 is 1.02 bits per heavy atom. The average molecular weight is 663 g/mol. The van der Waals surface area contributed by atoms with Crippen LogP contribution in [0.2, 0.25) is 0 Å². The molecule has 1 aliphatic rings. The largest absolute Gasteiger partial charge is 0.374 e. The molecule has 0 spiro atoms. The van der Waals surface area contributed by atoms with Crippen LogP contribution < -0.4 is 0 Å². The Hall–Kier alpha value is -3.21. The number of hydrogen-bond acceptors (Lipinski definition) is 9. The summed E-state index contributed by atoms with van der Waals surface area (Å²) in [6.07, 6.45) is -4.20. The van der Waals surface area contributed by atoms with Crippen molar-refractivity contribution < 1.29 is 42.4 Å². The minimum atomic E-state index is -3.83. The van der Waals surface area contributed by atoms with Gasteiger partial charge in [0.2, 0.25) is 5.79 Å². The fourth-order valence-electron chi connectivity index (χ4n) is 5.54. The third-order valence-electron chi connectivity index (χ3n) is 8.00. The lowest BCUT2D eigenvalue weighted by Crippen LogP contribution is -2.68. The van der Waals surface area contributed by atoms with Crippen molar-refractivity contribution in [3.63, 3.8) is 0 Å². The van der Waals surface area contributed by atoms with E-state index < -0.39 is 44.0 Å². The summed E-state index contributed by atoms with van der Waals surface area (Å²) in [4.78, 5) is 0. The monoisotopic (exact) mass is 662 g/mol. The van der Waals surface area contributed by atoms with Crippen LogP contribution in [0.5, 0.6) is 0 Å². The van der Waals surface area contributed by atoms with Crippen molar-refractivity contribution in [1.29, 1.82) is 0 Å². The van der Waals surface area contributed by atoms with Crippen molar-refractivity contribution in [3.05, 3.63) is 144 Å². The van der Waals surface area contributed by atoms with Gasteiger partial charge < -0.3 is 37.8 Å². The summed E-state index contributed by atoms with van der Waals surface area (Å²) >= 11 is 0. The molecule has 1 heterocycles. The Morgan fingerprint density at radius 1 is 0.617 bits per heavy atom. The van der Waals surface area contributed by atoms with Crippen molar-refractivity contribution in [2.24, 2.45) is 0 Å². The summed E-state index contributed by atoms with van der Waals surface area (Å²) in [5.74, 6) is -2.18. The van der Waals surface area contributed by atoms with E-state index in [9.17, 15) is 9.67 Å². The van der Waals surface area contributed by atoms with E-state index in [0.29, 0.717) is 6.61 Å². The molecular formula is C37H43O9P. The minimum Gasteiger partial charge on any atom is -0.374 e. The van der Waals surface area contributed by atoms with Gasteiger partial charge in [0, 0.05) is 14.2 Å². The zero-order chi connectivity index (χ0) is 33.0. The highest BCUT2D eigenvalue weighted by Crippen LogP contribution is 2.52. The molecule has 1 fully saturated rings. The quantitative estimate of drug-likeness (QED) is 0.126. The van der Waals surface area contributed by atoms with Crippen molar-refractivity contribution in [3.8, 4) is 0 Å². The normalized spacial score (nSPS) is 23.0. The number of benzene rings is 4. The number of hydrogen-bond donors (Lipinski definition) is 1. The van der Waals surface area contributed by atoms with Gasteiger partial charge in [0.25, 0.3) is 0 Å². The Bertz CT molecular complexity index is 1500. The zero-order valence-electron chi connectivity index (χ0n) is 26.8. The van der Waals surface area contributed by atoms with Crippen LogP contribution in [-0.4, -0.2) is 62.3 Å². The standard InChI is InChI=1S/C37H43O9P/c1-40-47(39,41-2)28-37(38)36(45-26-32-21-13-6-14-22-32)35(44-25-31-19-11-5-12-20-31)34(43-24-30-17-9-4-10-18-30)33(46-37)27-42-23-29-15-7-3-8-16-29/h3-22,33-36,38H,23-28H2,1-2H3/t33?,34-,35?,36?,37+/m1/s1. The molecule has 0 radical (unpaired) electrons. The van der Waals surface area contributed by atoms with Gasteiger partial charge in [0.05, 0.1) is 33.0 Å². The molecule has 1 aliphatic heterocycles. The minimum absolute atomic E-state index is 0.0392. The molecule has 5 atom stereocenters. The molecule has 0 amide bonds. The van der Waals surface area contributed by atoms with Crippen LogP contribution >= 0.6 is 7.60 Å². The molecule has 10 heteroatoms. The van der Waals surface area contributed by atoms with E-state index in [1.165, 1.54) is 14.2 Å².